The van der Waals surface area contributed by atoms with Crippen molar-refractivity contribution in [3.8, 4) is 27.3 Å². The van der Waals surface area contributed by atoms with Gasteiger partial charge >= 0.3 is 0 Å². The van der Waals surface area contributed by atoms with Crippen LogP contribution in [0.25, 0.3) is 54.4 Å². The molecular formula is C57H66FN9O6S. The number of aryl methyl sites for hydroxylation is 6. The fourth-order valence-electron chi connectivity index (χ4n) is 9.89. The molecule has 1 N–H and O–H groups in total. The van der Waals surface area contributed by atoms with Crippen molar-refractivity contribution in [3.05, 3.63) is 136 Å². The molecule has 0 unspecified atom stereocenters. The van der Waals surface area contributed by atoms with Crippen molar-refractivity contribution in [1.82, 2.24) is 44.5 Å². The summed E-state index contributed by atoms with van der Waals surface area (Å²) in [6.07, 6.45) is 3.05. The number of rotatable bonds is 26. The van der Waals surface area contributed by atoms with Crippen molar-refractivity contribution in [2.75, 3.05) is 79.0 Å². The first kappa shape index (κ1) is 51.2. The second kappa shape index (κ2) is 24.4. The van der Waals surface area contributed by atoms with E-state index in [9.17, 15) is 0 Å². The highest BCUT2D eigenvalue weighted by Gasteiger charge is 2.19. The van der Waals surface area contributed by atoms with Crippen LogP contribution in [0.5, 0.6) is 5.75 Å². The quantitative estimate of drug-likeness (QED) is 0.0517. The summed E-state index contributed by atoms with van der Waals surface area (Å²) in [6.45, 7) is 19.3. The molecule has 6 heterocycles. The van der Waals surface area contributed by atoms with Gasteiger partial charge in [-0.15, -0.1) is 16.4 Å². The molecule has 74 heavy (non-hydrogen) atoms. The van der Waals surface area contributed by atoms with Gasteiger partial charge in [-0.2, -0.15) is 0 Å². The first-order valence-electron chi connectivity index (χ1n) is 25.8. The normalized spacial score (nSPS) is 13.4. The van der Waals surface area contributed by atoms with Gasteiger partial charge in [0.2, 0.25) is 0 Å². The zero-order valence-electron chi connectivity index (χ0n) is 42.9. The number of ether oxygens (including phenoxy) is 5. The Balaban J connectivity index is 0.603. The molecule has 1 fully saturated rings. The van der Waals surface area contributed by atoms with Crippen molar-refractivity contribution < 1.29 is 32.6 Å². The molecule has 0 bridgehead atoms. The van der Waals surface area contributed by atoms with Crippen LogP contribution in [-0.2, 0) is 64.6 Å². The number of hydrogen-bond donors (Lipinski definition) is 1. The first-order valence-corrected chi connectivity index (χ1v) is 26.7. The number of aromatic nitrogens is 7. The topological polar surface area (TPSA) is 141 Å². The number of fused-ring (bicyclic) bond motifs is 4. The van der Waals surface area contributed by atoms with Crippen LogP contribution in [0.15, 0.2) is 95.0 Å². The van der Waals surface area contributed by atoms with Gasteiger partial charge in [0.15, 0.2) is 11.6 Å². The van der Waals surface area contributed by atoms with Crippen LogP contribution in [0, 0.1) is 26.6 Å². The Morgan fingerprint density at radius 3 is 2.32 bits per heavy atom. The number of hydrogen-bond acceptors (Lipinski definition) is 13. The summed E-state index contributed by atoms with van der Waals surface area (Å²) in [5.74, 6) is 1.49. The molecular weight excluding hydrogens is 958 g/mol. The highest BCUT2D eigenvalue weighted by Crippen LogP contribution is 2.36. The highest BCUT2D eigenvalue weighted by molar-refractivity contribution is 7.13. The predicted molar refractivity (Wildman–Crippen MR) is 287 cm³/mol. The van der Waals surface area contributed by atoms with Gasteiger partial charge in [-0.3, -0.25) is 4.90 Å². The molecule has 1 aliphatic heterocycles. The second-order valence-electron chi connectivity index (χ2n) is 18.9. The van der Waals surface area contributed by atoms with Crippen LogP contribution < -0.4 is 10.1 Å². The molecule has 15 nitrogen and oxygen atoms in total. The van der Waals surface area contributed by atoms with Gasteiger partial charge in [-0.25, -0.2) is 14.1 Å². The third-order valence-electron chi connectivity index (χ3n) is 13.7. The number of imidazole rings is 1. The number of nitrogens with one attached hydrogen (secondary N) is 1. The van der Waals surface area contributed by atoms with Gasteiger partial charge in [-0.1, -0.05) is 40.7 Å². The van der Waals surface area contributed by atoms with E-state index < -0.39 is 5.82 Å². The lowest BCUT2D eigenvalue weighted by atomic mass is 10.0. The third-order valence-corrected chi connectivity index (χ3v) is 14.8. The van der Waals surface area contributed by atoms with Gasteiger partial charge in [0, 0.05) is 84.5 Å². The maximum Gasteiger partial charge on any atom is 0.165 e. The van der Waals surface area contributed by atoms with Crippen LogP contribution in [0.4, 0.5) is 4.39 Å². The van der Waals surface area contributed by atoms with Crippen molar-refractivity contribution >= 4 is 44.2 Å². The predicted octanol–water partition coefficient (Wildman–Crippen LogP) is 9.74. The molecule has 17 heteroatoms. The van der Waals surface area contributed by atoms with Gasteiger partial charge in [-0.05, 0) is 116 Å². The maximum absolute atomic E-state index is 15.4. The van der Waals surface area contributed by atoms with Crippen LogP contribution in [-0.4, -0.2) is 118 Å². The number of nitrogens with zero attached hydrogens (tertiary/aromatic N) is 8. The van der Waals surface area contributed by atoms with Crippen molar-refractivity contribution in [2.45, 2.75) is 73.3 Å². The van der Waals surface area contributed by atoms with E-state index in [1.165, 1.54) is 43.4 Å². The smallest absolute Gasteiger partial charge is 0.165 e. The molecule has 5 aromatic heterocycles. The van der Waals surface area contributed by atoms with Crippen LogP contribution in [0.1, 0.15) is 46.6 Å². The van der Waals surface area contributed by atoms with Crippen molar-refractivity contribution in [1.29, 1.82) is 0 Å². The van der Waals surface area contributed by atoms with E-state index in [-0.39, 0.29) is 12.4 Å². The van der Waals surface area contributed by atoms with Gasteiger partial charge < -0.3 is 42.7 Å². The minimum absolute atomic E-state index is 0.0891. The highest BCUT2D eigenvalue weighted by atomic mass is 32.1. The van der Waals surface area contributed by atoms with E-state index in [0.29, 0.717) is 64.7 Å². The fourth-order valence-corrected chi connectivity index (χ4v) is 10.8. The molecule has 1 saturated heterocycles. The SMILES string of the molecule is CCn1c2ccc(CNCCOCCOCCOCCn3cc(COc4ccc(CCc5nc6cc(-c7c(C)noc7C)ccc6n5CCN5CCOCC5)cc4F)nn3)cc2c2ccc(-c3cc(C)cs3)cc21. The van der Waals surface area contributed by atoms with Crippen LogP contribution in [0.2, 0.25) is 0 Å². The zero-order chi connectivity index (χ0) is 50.8. The number of halogens is 1. The molecule has 0 atom stereocenters. The van der Waals surface area contributed by atoms with Crippen molar-refractivity contribution in [3.63, 3.8) is 0 Å². The Morgan fingerprint density at radius 1 is 0.743 bits per heavy atom. The maximum atomic E-state index is 15.4. The molecule has 0 amide bonds. The van der Waals surface area contributed by atoms with Crippen molar-refractivity contribution in [2.24, 2.45) is 0 Å². The molecule has 388 valence electrons. The largest absolute Gasteiger partial charge is 0.484 e. The lowest BCUT2D eigenvalue weighted by Crippen LogP contribution is -2.38. The Kier molecular flexibility index (Phi) is 16.9. The van der Waals surface area contributed by atoms with E-state index in [4.69, 9.17) is 33.2 Å². The van der Waals surface area contributed by atoms with E-state index in [1.807, 2.05) is 19.9 Å². The monoisotopic (exact) mass is 1020 g/mol. The summed E-state index contributed by atoms with van der Waals surface area (Å²) in [6, 6.07) is 27.4. The van der Waals surface area contributed by atoms with Gasteiger partial charge in [0.05, 0.1) is 82.3 Å². The van der Waals surface area contributed by atoms with E-state index in [2.05, 4.69) is 115 Å². The molecule has 4 aromatic carbocycles. The Bertz CT molecular complexity index is 3280. The molecule has 0 aliphatic carbocycles. The zero-order valence-corrected chi connectivity index (χ0v) is 43.7. The molecule has 9 aromatic rings. The molecule has 0 saturated carbocycles. The van der Waals surface area contributed by atoms with E-state index in [1.54, 1.807) is 34.3 Å². The van der Waals surface area contributed by atoms with Gasteiger partial charge in [0.25, 0.3) is 0 Å². The third kappa shape index (κ3) is 12.3. The Hall–Kier alpha value is -6.31. The fraction of sp³-hybridized carbons (Fsp3) is 0.404. The average Bonchev–Trinajstić information content (AvgIpc) is 4.27. The molecule has 0 spiro atoms. The average molecular weight is 1020 g/mol. The lowest BCUT2D eigenvalue weighted by molar-refractivity contribution is 0.0132. The lowest BCUT2D eigenvalue weighted by Gasteiger charge is -2.27. The van der Waals surface area contributed by atoms with Gasteiger partial charge in [0.1, 0.15) is 23.9 Å². The first-order chi connectivity index (χ1) is 36.3. The summed E-state index contributed by atoms with van der Waals surface area (Å²) >= 11 is 1.80. The second-order valence-corrected chi connectivity index (χ2v) is 19.8. The standard InChI is InChI=1S/C57H66FN9O6S/c1-5-66-51-12-6-43(31-48(51)47-11-9-44(34-53(47)66)55-30-39(2)38-74-55)35-59-16-22-68-26-28-71-29-27-70-25-21-65-36-46(61-63-65)37-72-54-14-7-42(32-49(54)58)8-15-56-60-50-33-45(57-40(3)62-73-41(57)4)10-13-52(50)67(56)18-17-64-19-23-69-24-20-64/h6-7,9-14,30-34,36,38,59H,5,8,15-29,35,37H2,1-4H3. The molecule has 10 rings (SSSR count). The molecule has 1 aliphatic rings. The summed E-state index contributed by atoms with van der Waals surface area (Å²) in [5, 5.41) is 20.9. The van der Waals surface area contributed by atoms with Crippen LogP contribution >= 0.6 is 11.3 Å². The van der Waals surface area contributed by atoms with E-state index in [0.717, 1.165) is 104 Å². The van der Waals surface area contributed by atoms with E-state index >= 15 is 4.39 Å². The summed E-state index contributed by atoms with van der Waals surface area (Å²) in [5.41, 5.74) is 12.7. The van der Waals surface area contributed by atoms with Crippen LogP contribution in [0.3, 0.4) is 0 Å². The minimum Gasteiger partial charge on any atom is -0.484 e. The summed E-state index contributed by atoms with van der Waals surface area (Å²) in [7, 11) is 0. The number of morpholine rings is 1. The number of benzene rings is 4. The number of thiophene rings is 1. The summed E-state index contributed by atoms with van der Waals surface area (Å²) < 4.78 is 56.0. The Labute approximate surface area is 435 Å². The Morgan fingerprint density at radius 2 is 1.54 bits per heavy atom. The minimum atomic E-state index is -0.421. The summed E-state index contributed by atoms with van der Waals surface area (Å²) in [4.78, 5) is 8.85. The molecule has 0 radical (unpaired) electrons.